The molecule has 0 spiro atoms. The van der Waals surface area contributed by atoms with Gasteiger partial charge in [0.2, 0.25) is 0 Å². The van der Waals surface area contributed by atoms with Crippen LogP contribution in [0.4, 0.5) is 20.4 Å². The number of nitrogens with two attached hydrogens (primary N) is 1. The molecular weight excluding hydrogens is 420 g/mol. The number of nitrogen functional groups attached to an aromatic ring is 1. The van der Waals surface area contributed by atoms with Gasteiger partial charge in [0.1, 0.15) is 23.5 Å². The quantitative estimate of drug-likeness (QED) is 0.549. The lowest BCUT2D eigenvalue weighted by atomic mass is 9.98. The summed E-state index contributed by atoms with van der Waals surface area (Å²) in [6, 6.07) is 4.84. The van der Waals surface area contributed by atoms with Crippen molar-refractivity contribution < 1.29 is 23.7 Å². The summed E-state index contributed by atoms with van der Waals surface area (Å²) in [5.41, 5.74) is 6.01. The van der Waals surface area contributed by atoms with E-state index in [1.807, 2.05) is 4.90 Å². The van der Waals surface area contributed by atoms with Crippen LogP contribution in [0.25, 0.3) is 11.0 Å². The summed E-state index contributed by atoms with van der Waals surface area (Å²) in [4.78, 5) is 15.1. The van der Waals surface area contributed by atoms with Gasteiger partial charge in [-0.1, -0.05) is 0 Å². The lowest BCUT2D eigenvalue weighted by molar-refractivity contribution is -0.0516. The highest BCUT2D eigenvalue weighted by atomic mass is 19.1. The molecule has 4 N–H and O–H groups in total. The molecule has 3 heterocycles. The van der Waals surface area contributed by atoms with Crippen molar-refractivity contribution >= 4 is 22.7 Å². The third-order valence-electron chi connectivity index (χ3n) is 5.46. The smallest absolute Gasteiger partial charge is 0.172 e. The number of aliphatic hydroxyl groups is 2. The summed E-state index contributed by atoms with van der Waals surface area (Å²) in [5.74, 6) is -0.601. The molecule has 1 fully saturated rings. The Morgan fingerprint density at radius 3 is 2.53 bits per heavy atom. The minimum absolute atomic E-state index is 0.0280. The summed E-state index contributed by atoms with van der Waals surface area (Å²) < 4.78 is 32.7. The van der Waals surface area contributed by atoms with Gasteiger partial charge >= 0.3 is 0 Å². The van der Waals surface area contributed by atoms with E-state index in [4.69, 9.17) is 10.5 Å². The van der Waals surface area contributed by atoms with Gasteiger partial charge in [0.25, 0.3) is 0 Å². The number of benzene rings is 1. The monoisotopic (exact) mass is 445 g/mol. The second-order valence-electron chi connectivity index (χ2n) is 8.47. The Kier molecular flexibility index (Phi) is 5.83. The van der Waals surface area contributed by atoms with Crippen molar-refractivity contribution in [3.8, 4) is 5.75 Å². The zero-order chi connectivity index (χ0) is 23.0. The first-order valence-corrected chi connectivity index (χ1v) is 10.3. The number of fused-ring (bicyclic) bond motifs is 1. The van der Waals surface area contributed by atoms with Crippen molar-refractivity contribution in [2.75, 3.05) is 23.7 Å². The van der Waals surface area contributed by atoms with E-state index in [1.54, 1.807) is 6.07 Å². The zero-order valence-electron chi connectivity index (χ0n) is 17.8. The highest BCUT2D eigenvalue weighted by Gasteiger charge is 2.28. The first-order chi connectivity index (χ1) is 15.1. The number of nitrogens with zero attached hydrogens (tertiary/aromatic N) is 4. The van der Waals surface area contributed by atoms with E-state index in [2.05, 4.69) is 15.0 Å². The molecule has 0 aliphatic carbocycles. The van der Waals surface area contributed by atoms with Crippen LogP contribution in [-0.4, -0.2) is 50.0 Å². The van der Waals surface area contributed by atoms with Crippen LogP contribution in [0.15, 0.2) is 30.5 Å². The maximum absolute atomic E-state index is 13.9. The van der Waals surface area contributed by atoms with Crippen LogP contribution < -0.4 is 15.4 Å². The molecule has 0 radical (unpaired) electrons. The fraction of sp³-hybridized carbons (Fsp3) is 0.409. The fourth-order valence-corrected chi connectivity index (χ4v) is 3.66. The number of aliphatic hydroxyl groups excluding tert-OH is 1. The van der Waals surface area contributed by atoms with Gasteiger partial charge in [-0.25, -0.2) is 18.7 Å². The summed E-state index contributed by atoms with van der Waals surface area (Å²) in [7, 11) is 0. The Bertz CT molecular complexity index is 1130. The standard InChI is InChI=1S/C22H25F2N5O3/c1-22(2,31)19(30)16-10-15-17(11-26-16)27-20(25)21(28-15)29-7-5-13(6-8-29)32-18-4-3-12(23)9-14(18)24/h3-4,9-11,13,19,30-31H,5-8H2,1-2H3,(H2,25,27). The number of hydrogen-bond donors (Lipinski definition) is 3. The number of ether oxygens (including phenoxy) is 1. The van der Waals surface area contributed by atoms with Crippen LogP contribution in [0.3, 0.4) is 0 Å². The normalized spacial score (nSPS) is 16.4. The maximum atomic E-state index is 13.9. The number of anilines is 2. The van der Waals surface area contributed by atoms with Gasteiger partial charge in [-0.15, -0.1) is 0 Å². The van der Waals surface area contributed by atoms with E-state index < -0.39 is 23.3 Å². The van der Waals surface area contributed by atoms with Crippen LogP contribution in [0.2, 0.25) is 0 Å². The lowest BCUT2D eigenvalue weighted by Gasteiger charge is -2.33. The number of halogens is 2. The van der Waals surface area contributed by atoms with Crippen molar-refractivity contribution in [3.05, 3.63) is 47.8 Å². The minimum atomic E-state index is -1.36. The topological polar surface area (TPSA) is 118 Å². The van der Waals surface area contributed by atoms with Crippen LogP contribution in [-0.2, 0) is 0 Å². The SMILES string of the molecule is CC(C)(O)C(O)c1cc2nc(N3CCC(Oc4ccc(F)cc4F)CC3)c(N)nc2cn1. The van der Waals surface area contributed by atoms with Gasteiger partial charge in [0.15, 0.2) is 23.2 Å². The third-order valence-corrected chi connectivity index (χ3v) is 5.46. The second-order valence-corrected chi connectivity index (χ2v) is 8.47. The van der Waals surface area contributed by atoms with Gasteiger partial charge in [0, 0.05) is 32.0 Å². The second kappa shape index (κ2) is 8.44. The molecule has 1 aliphatic heterocycles. The molecule has 170 valence electrons. The first kappa shape index (κ1) is 22.1. The van der Waals surface area contributed by atoms with E-state index in [9.17, 15) is 19.0 Å². The predicted molar refractivity (Wildman–Crippen MR) is 115 cm³/mol. The summed E-state index contributed by atoms with van der Waals surface area (Å²) in [6.45, 7) is 4.10. The zero-order valence-corrected chi connectivity index (χ0v) is 17.8. The number of aromatic nitrogens is 3. The van der Waals surface area contributed by atoms with Crippen LogP contribution >= 0.6 is 0 Å². The van der Waals surface area contributed by atoms with E-state index >= 15 is 0 Å². The summed E-state index contributed by atoms with van der Waals surface area (Å²) in [5, 5.41) is 20.4. The Hall–Kier alpha value is -3.11. The largest absolute Gasteiger partial charge is 0.487 e. The highest BCUT2D eigenvalue weighted by molar-refractivity contribution is 5.79. The highest BCUT2D eigenvalue weighted by Crippen LogP contribution is 2.30. The van der Waals surface area contributed by atoms with Crippen LogP contribution in [0.5, 0.6) is 5.75 Å². The summed E-state index contributed by atoms with van der Waals surface area (Å²) in [6.07, 6.45) is 1.24. The minimum Gasteiger partial charge on any atom is -0.487 e. The number of rotatable bonds is 5. The van der Waals surface area contributed by atoms with Crippen molar-refractivity contribution in [2.45, 2.75) is 44.5 Å². The van der Waals surface area contributed by atoms with Gasteiger partial charge in [0.05, 0.1) is 23.0 Å². The number of piperidine rings is 1. The molecule has 1 saturated heterocycles. The van der Waals surface area contributed by atoms with E-state index in [0.717, 1.165) is 12.1 Å². The maximum Gasteiger partial charge on any atom is 0.172 e. The van der Waals surface area contributed by atoms with Gasteiger partial charge in [-0.05, 0) is 32.0 Å². The third kappa shape index (κ3) is 4.56. The van der Waals surface area contributed by atoms with E-state index in [-0.39, 0.29) is 23.4 Å². The Labute approximate surface area is 183 Å². The van der Waals surface area contributed by atoms with Crippen molar-refractivity contribution in [3.63, 3.8) is 0 Å². The van der Waals surface area contributed by atoms with Gasteiger partial charge in [-0.3, -0.25) is 4.98 Å². The van der Waals surface area contributed by atoms with E-state index in [0.29, 0.717) is 42.8 Å². The molecule has 10 heteroatoms. The Balaban J connectivity index is 1.50. The lowest BCUT2D eigenvalue weighted by Crippen LogP contribution is -2.39. The predicted octanol–water partition coefficient (Wildman–Crippen LogP) is 2.74. The molecule has 0 amide bonds. The molecule has 0 saturated carbocycles. The molecule has 32 heavy (non-hydrogen) atoms. The molecule has 1 aliphatic rings. The number of pyridine rings is 1. The number of hydrogen-bond acceptors (Lipinski definition) is 8. The molecule has 1 atom stereocenters. The molecule has 4 rings (SSSR count). The molecule has 1 unspecified atom stereocenters. The molecule has 3 aromatic rings. The molecular formula is C22H25F2N5O3. The molecule has 8 nitrogen and oxygen atoms in total. The van der Waals surface area contributed by atoms with Crippen molar-refractivity contribution in [1.29, 1.82) is 0 Å². The van der Waals surface area contributed by atoms with Gasteiger partial charge in [-0.2, -0.15) is 0 Å². The Morgan fingerprint density at radius 1 is 1.16 bits per heavy atom. The first-order valence-electron chi connectivity index (χ1n) is 10.3. The van der Waals surface area contributed by atoms with Crippen molar-refractivity contribution in [1.82, 2.24) is 15.0 Å². The van der Waals surface area contributed by atoms with Gasteiger partial charge < -0.3 is 25.6 Å². The Morgan fingerprint density at radius 2 is 1.88 bits per heavy atom. The molecule has 0 bridgehead atoms. The molecule has 2 aromatic heterocycles. The van der Waals surface area contributed by atoms with E-state index in [1.165, 1.54) is 26.1 Å². The van der Waals surface area contributed by atoms with Crippen molar-refractivity contribution in [2.24, 2.45) is 0 Å². The van der Waals surface area contributed by atoms with Crippen LogP contribution in [0, 0.1) is 11.6 Å². The average molecular weight is 445 g/mol. The average Bonchev–Trinajstić information content (AvgIpc) is 2.74. The molecule has 1 aromatic carbocycles. The summed E-state index contributed by atoms with van der Waals surface area (Å²) >= 11 is 0. The van der Waals surface area contributed by atoms with Crippen LogP contribution in [0.1, 0.15) is 38.5 Å². The fourth-order valence-electron chi connectivity index (χ4n) is 3.66.